The van der Waals surface area contributed by atoms with Crippen LogP contribution in [0.3, 0.4) is 0 Å². The van der Waals surface area contributed by atoms with Crippen LogP contribution in [0.25, 0.3) is 11.3 Å². The monoisotopic (exact) mass is 430 g/mol. The van der Waals surface area contributed by atoms with Crippen molar-refractivity contribution in [2.24, 2.45) is 0 Å². The van der Waals surface area contributed by atoms with Crippen LogP contribution < -0.4 is 4.74 Å². The highest BCUT2D eigenvalue weighted by molar-refractivity contribution is 7.09. The highest BCUT2D eigenvalue weighted by atomic mass is 32.1. The number of aromatic nitrogens is 3. The number of aryl methyl sites for hydroxylation is 1. The lowest BCUT2D eigenvalue weighted by atomic mass is 10.1. The van der Waals surface area contributed by atoms with Crippen molar-refractivity contribution in [2.75, 3.05) is 13.7 Å². The minimum absolute atomic E-state index is 0.789. The molecule has 31 heavy (non-hydrogen) atoms. The molecular formula is C25H26N4OS. The van der Waals surface area contributed by atoms with Gasteiger partial charge < -0.3 is 9.30 Å². The van der Waals surface area contributed by atoms with Gasteiger partial charge in [0.2, 0.25) is 0 Å². The molecule has 5 nitrogen and oxygen atoms in total. The molecule has 1 aliphatic rings. The first-order valence-corrected chi connectivity index (χ1v) is 11.5. The summed E-state index contributed by atoms with van der Waals surface area (Å²) in [5.41, 5.74) is 5.86. The van der Waals surface area contributed by atoms with E-state index in [0.717, 1.165) is 55.6 Å². The molecule has 2 aromatic carbocycles. The summed E-state index contributed by atoms with van der Waals surface area (Å²) in [6.07, 6.45) is 0.789. The van der Waals surface area contributed by atoms with Crippen LogP contribution >= 0.6 is 11.3 Å². The Morgan fingerprint density at radius 3 is 2.65 bits per heavy atom. The number of hydrogen-bond donors (Lipinski definition) is 0. The van der Waals surface area contributed by atoms with Gasteiger partial charge >= 0.3 is 0 Å². The zero-order chi connectivity index (χ0) is 21.2. The lowest BCUT2D eigenvalue weighted by Crippen LogP contribution is -2.33. The summed E-state index contributed by atoms with van der Waals surface area (Å²) in [4.78, 5) is 12.3. The second kappa shape index (κ2) is 8.65. The van der Waals surface area contributed by atoms with Crippen LogP contribution in [-0.2, 0) is 26.1 Å². The molecule has 3 heterocycles. The van der Waals surface area contributed by atoms with Crippen LogP contribution in [0.15, 0.2) is 60.0 Å². The molecule has 0 atom stereocenters. The van der Waals surface area contributed by atoms with Gasteiger partial charge in [-0.1, -0.05) is 48.5 Å². The Morgan fingerprint density at radius 1 is 1.00 bits per heavy atom. The van der Waals surface area contributed by atoms with Crippen molar-refractivity contribution < 1.29 is 4.74 Å². The average molecular weight is 431 g/mol. The van der Waals surface area contributed by atoms with Gasteiger partial charge in [0.1, 0.15) is 16.6 Å². The normalized spacial score (nSPS) is 13.9. The topological polar surface area (TPSA) is 43.2 Å². The van der Waals surface area contributed by atoms with Crippen molar-refractivity contribution >= 4 is 11.3 Å². The largest absolute Gasteiger partial charge is 0.496 e. The minimum atomic E-state index is 0.789. The zero-order valence-electron chi connectivity index (χ0n) is 17.9. The van der Waals surface area contributed by atoms with Gasteiger partial charge in [0, 0.05) is 42.6 Å². The summed E-state index contributed by atoms with van der Waals surface area (Å²) in [5.74, 6) is 2.05. The Morgan fingerprint density at radius 2 is 1.81 bits per heavy atom. The Kier molecular flexibility index (Phi) is 5.57. The molecule has 0 aliphatic carbocycles. The number of hydrogen-bond acceptors (Lipinski definition) is 5. The van der Waals surface area contributed by atoms with Gasteiger partial charge in [-0.15, -0.1) is 11.3 Å². The Hall–Kier alpha value is -2.96. The van der Waals surface area contributed by atoms with Crippen LogP contribution in [0.4, 0.5) is 0 Å². The fourth-order valence-corrected chi connectivity index (χ4v) is 5.12. The van der Waals surface area contributed by atoms with Gasteiger partial charge in [0.05, 0.1) is 30.7 Å². The second-order valence-corrected chi connectivity index (χ2v) is 8.85. The average Bonchev–Trinajstić information content (AvgIpc) is 3.39. The summed E-state index contributed by atoms with van der Waals surface area (Å²) in [5, 5.41) is 3.33. The van der Waals surface area contributed by atoms with Crippen LogP contribution in [0.5, 0.6) is 5.75 Å². The fraction of sp³-hybridized carbons (Fsp3) is 0.280. The third kappa shape index (κ3) is 4.13. The maximum Gasteiger partial charge on any atom is 0.122 e. The lowest BCUT2D eigenvalue weighted by Gasteiger charge is -2.28. The van der Waals surface area contributed by atoms with E-state index >= 15 is 0 Å². The molecule has 0 radical (unpaired) electrons. The van der Waals surface area contributed by atoms with E-state index < -0.39 is 0 Å². The van der Waals surface area contributed by atoms with Crippen molar-refractivity contribution in [3.05, 3.63) is 87.8 Å². The van der Waals surface area contributed by atoms with Crippen LogP contribution in [0.2, 0.25) is 0 Å². The number of thiazole rings is 1. The first-order chi connectivity index (χ1) is 15.2. The molecule has 0 bridgehead atoms. The molecule has 6 heteroatoms. The predicted octanol–water partition coefficient (Wildman–Crippen LogP) is 4.93. The first kappa shape index (κ1) is 20.0. The maximum atomic E-state index is 5.53. The summed E-state index contributed by atoms with van der Waals surface area (Å²) < 4.78 is 7.93. The third-order valence-electron chi connectivity index (χ3n) is 5.89. The van der Waals surface area contributed by atoms with Crippen molar-refractivity contribution in [1.82, 2.24) is 19.4 Å². The van der Waals surface area contributed by atoms with E-state index in [2.05, 4.69) is 58.2 Å². The highest BCUT2D eigenvalue weighted by Gasteiger charge is 2.23. The Balaban J connectivity index is 1.31. The van der Waals surface area contributed by atoms with Gasteiger partial charge in [0.25, 0.3) is 0 Å². The van der Waals surface area contributed by atoms with E-state index in [1.807, 2.05) is 18.2 Å². The maximum absolute atomic E-state index is 5.53. The number of methoxy groups -OCH3 is 1. The van der Waals surface area contributed by atoms with E-state index in [9.17, 15) is 0 Å². The molecule has 0 fully saturated rings. The van der Waals surface area contributed by atoms with E-state index in [-0.39, 0.29) is 0 Å². The summed E-state index contributed by atoms with van der Waals surface area (Å²) in [7, 11) is 1.73. The number of benzene rings is 2. The number of ether oxygens (including phenoxy) is 1. The molecule has 0 saturated heterocycles. The molecule has 2 aromatic heterocycles. The minimum Gasteiger partial charge on any atom is -0.496 e. The van der Waals surface area contributed by atoms with Gasteiger partial charge in [0.15, 0.2) is 0 Å². The number of para-hydroxylation sites is 1. The fourth-order valence-electron chi connectivity index (χ4n) is 4.27. The van der Waals surface area contributed by atoms with E-state index in [1.165, 1.54) is 21.8 Å². The quantitative estimate of drug-likeness (QED) is 0.435. The van der Waals surface area contributed by atoms with Crippen LogP contribution in [0, 0.1) is 6.92 Å². The first-order valence-electron chi connectivity index (χ1n) is 10.6. The van der Waals surface area contributed by atoms with Gasteiger partial charge in [-0.2, -0.15) is 0 Å². The Bertz CT molecular complexity index is 1180. The Labute approximate surface area is 187 Å². The van der Waals surface area contributed by atoms with Crippen molar-refractivity contribution in [3.8, 4) is 17.0 Å². The number of fused-ring (bicyclic) bond motifs is 1. The predicted molar refractivity (Wildman–Crippen MR) is 124 cm³/mol. The van der Waals surface area contributed by atoms with Crippen molar-refractivity contribution in [1.29, 1.82) is 0 Å². The van der Waals surface area contributed by atoms with Gasteiger partial charge in [-0.25, -0.2) is 9.97 Å². The second-order valence-electron chi connectivity index (χ2n) is 7.90. The molecule has 0 amide bonds. The highest BCUT2D eigenvalue weighted by Crippen LogP contribution is 2.27. The molecular weight excluding hydrogens is 404 g/mol. The van der Waals surface area contributed by atoms with E-state index in [1.54, 1.807) is 18.4 Å². The van der Waals surface area contributed by atoms with Crippen LogP contribution in [-0.4, -0.2) is 33.1 Å². The molecule has 5 rings (SSSR count). The summed E-state index contributed by atoms with van der Waals surface area (Å²) in [6.45, 7) is 5.87. The molecule has 0 unspecified atom stereocenters. The number of nitrogens with zero attached hydrogens (tertiary/aromatic N) is 4. The van der Waals surface area contributed by atoms with Crippen molar-refractivity contribution in [2.45, 2.75) is 33.0 Å². The van der Waals surface area contributed by atoms with Crippen molar-refractivity contribution in [3.63, 3.8) is 0 Å². The summed E-state index contributed by atoms with van der Waals surface area (Å²) >= 11 is 1.75. The van der Waals surface area contributed by atoms with E-state index in [0.29, 0.717) is 0 Å². The van der Waals surface area contributed by atoms with Gasteiger partial charge in [-0.3, -0.25) is 4.90 Å². The molecule has 0 spiro atoms. The number of rotatable bonds is 6. The molecule has 0 N–H and O–H groups in total. The van der Waals surface area contributed by atoms with Crippen LogP contribution in [0.1, 0.15) is 27.8 Å². The van der Waals surface area contributed by atoms with E-state index in [4.69, 9.17) is 14.7 Å². The van der Waals surface area contributed by atoms with Gasteiger partial charge in [-0.05, 0) is 13.0 Å². The lowest BCUT2D eigenvalue weighted by molar-refractivity contribution is 0.210. The molecule has 0 saturated carbocycles. The molecule has 158 valence electrons. The standard InChI is InChI=1S/C25H26N4OS/c1-18-22-15-28(16-25-27-21(17-31-25)19-8-4-3-5-9-19)12-13-29(22)24(26-18)14-20-10-6-7-11-23(20)30-2/h3-11,17H,12-16H2,1-2H3. The number of imidazole rings is 1. The SMILES string of the molecule is COc1ccccc1Cc1nc(C)c2n1CCN(Cc1nc(-c3ccccc3)cs1)C2. The summed E-state index contributed by atoms with van der Waals surface area (Å²) in [6, 6.07) is 18.6. The molecule has 1 aliphatic heterocycles. The smallest absolute Gasteiger partial charge is 0.122 e. The zero-order valence-corrected chi connectivity index (χ0v) is 18.7. The third-order valence-corrected chi connectivity index (χ3v) is 6.72. The molecule has 4 aromatic rings.